The van der Waals surface area contributed by atoms with E-state index in [0.717, 1.165) is 19.2 Å². The normalized spacial score (nSPS) is 19.4. The topological polar surface area (TPSA) is 21.3 Å². The minimum atomic E-state index is 0.305. The van der Waals surface area contributed by atoms with Gasteiger partial charge in [0.15, 0.2) is 0 Å². The van der Waals surface area contributed by atoms with Crippen LogP contribution in [0.25, 0.3) is 0 Å². The van der Waals surface area contributed by atoms with Crippen molar-refractivity contribution in [3.8, 4) is 0 Å². The molecule has 17 heavy (non-hydrogen) atoms. The summed E-state index contributed by atoms with van der Waals surface area (Å²) >= 11 is 1.77. The number of hydrogen-bond donors (Lipinski definition) is 1. The van der Waals surface area contributed by atoms with E-state index >= 15 is 0 Å². The Morgan fingerprint density at radius 2 is 2.24 bits per heavy atom. The Labute approximate surface area is 108 Å². The van der Waals surface area contributed by atoms with Gasteiger partial charge in [0.1, 0.15) is 0 Å². The lowest BCUT2D eigenvalue weighted by atomic mass is 9.95. The van der Waals surface area contributed by atoms with Crippen molar-refractivity contribution < 1.29 is 4.74 Å². The fourth-order valence-corrected chi connectivity index (χ4v) is 2.94. The Hall–Kier alpha value is -0.380. The van der Waals surface area contributed by atoms with Gasteiger partial charge in [-0.2, -0.15) is 0 Å². The second-order valence-electron chi connectivity index (χ2n) is 4.94. The van der Waals surface area contributed by atoms with Gasteiger partial charge in [0.25, 0.3) is 0 Å². The van der Waals surface area contributed by atoms with Crippen molar-refractivity contribution in [3.05, 3.63) is 22.4 Å². The SMILES string of the molecule is CC(CNC1CCCCC1)OCc1cccs1. The summed E-state index contributed by atoms with van der Waals surface area (Å²) in [6.45, 7) is 3.89. The van der Waals surface area contributed by atoms with Crippen LogP contribution in [-0.4, -0.2) is 18.7 Å². The van der Waals surface area contributed by atoms with Gasteiger partial charge < -0.3 is 10.1 Å². The van der Waals surface area contributed by atoms with E-state index in [1.165, 1.54) is 37.0 Å². The molecule has 1 heterocycles. The fourth-order valence-electron chi connectivity index (χ4n) is 2.32. The molecule has 1 unspecified atom stereocenters. The summed E-state index contributed by atoms with van der Waals surface area (Å²) < 4.78 is 5.83. The maximum absolute atomic E-state index is 5.83. The lowest BCUT2D eigenvalue weighted by Crippen LogP contribution is -2.36. The molecule has 96 valence electrons. The van der Waals surface area contributed by atoms with Gasteiger partial charge in [0.2, 0.25) is 0 Å². The average Bonchev–Trinajstić information content (AvgIpc) is 2.88. The van der Waals surface area contributed by atoms with Crippen molar-refractivity contribution in [2.24, 2.45) is 0 Å². The molecule has 3 heteroatoms. The average molecular weight is 253 g/mol. The second kappa shape index (κ2) is 7.14. The molecule has 0 bridgehead atoms. The number of thiophene rings is 1. The molecule has 0 amide bonds. The highest BCUT2D eigenvalue weighted by Gasteiger charge is 2.13. The number of nitrogens with one attached hydrogen (secondary N) is 1. The summed E-state index contributed by atoms with van der Waals surface area (Å²) in [7, 11) is 0. The molecule has 0 radical (unpaired) electrons. The molecule has 2 nitrogen and oxygen atoms in total. The molecule has 1 saturated carbocycles. The summed E-state index contributed by atoms with van der Waals surface area (Å²) in [6, 6.07) is 4.94. The van der Waals surface area contributed by atoms with Crippen molar-refractivity contribution in [1.29, 1.82) is 0 Å². The second-order valence-corrected chi connectivity index (χ2v) is 5.98. The summed E-state index contributed by atoms with van der Waals surface area (Å²) in [4.78, 5) is 1.31. The van der Waals surface area contributed by atoms with Crippen LogP contribution < -0.4 is 5.32 Å². The third-order valence-corrected chi connectivity index (χ3v) is 4.24. The van der Waals surface area contributed by atoms with Gasteiger partial charge in [-0.05, 0) is 31.2 Å². The Morgan fingerprint density at radius 1 is 1.41 bits per heavy atom. The Kier molecular flexibility index (Phi) is 5.49. The maximum Gasteiger partial charge on any atom is 0.0813 e. The summed E-state index contributed by atoms with van der Waals surface area (Å²) in [5.74, 6) is 0. The van der Waals surface area contributed by atoms with E-state index in [1.54, 1.807) is 11.3 Å². The smallest absolute Gasteiger partial charge is 0.0813 e. The van der Waals surface area contributed by atoms with Crippen molar-refractivity contribution in [1.82, 2.24) is 5.32 Å². The highest BCUT2D eigenvalue weighted by Crippen LogP contribution is 2.17. The van der Waals surface area contributed by atoms with Gasteiger partial charge in [-0.15, -0.1) is 11.3 Å². The first-order valence-electron chi connectivity index (χ1n) is 6.72. The molecule has 1 aliphatic rings. The monoisotopic (exact) mass is 253 g/mol. The lowest BCUT2D eigenvalue weighted by Gasteiger charge is -2.24. The molecular formula is C14H23NOS. The zero-order chi connectivity index (χ0) is 11.9. The molecule has 1 fully saturated rings. The minimum Gasteiger partial charge on any atom is -0.372 e. The van der Waals surface area contributed by atoms with Gasteiger partial charge in [0, 0.05) is 17.5 Å². The quantitative estimate of drug-likeness (QED) is 0.836. The first kappa shape index (κ1) is 13.1. The minimum absolute atomic E-state index is 0.305. The zero-order valence-electron chi connectivity index (χ0n) is 10.7. The number of rotatable bonds is 6. The largest absolute Gasteiger partial charge is 0.372 e. The van der Waals surface area contributed by atoms with Crippen LogP contribution in [0.2, 0.25) is 0 Å². The lowest BCUT2D eigenvalue weighted by molar-refractivity contribution is 0.0520. The van der Waals surface area contributed by atoms with Crippen LogP contribution in [0.15, 0.2) is 17.5 Å². The van der Waals surface area contributed by atoms with Crippen LogP contribution >= 0.6 is 11.3 Å². The predicted molar refractivity (Wildman–Crippen MR) is 73.4 cm³/mol. The first-order chi connectivity index (χ1) is 8.34. The van der Waals surface area contributed by atoms with E-state index in [0.29, 0.717) is 6.10 Å². The highest BCUT2D eigenvalue weighted by molar-refractivity contribution is 7.09. The fraction of sp³-hybridized carbons (Fsp3) is 0.714. The van der Waals surface area contributed by atoms with Gasteiger partial charge in [-0.25, -0.2) is 0 Å². The first-order valence-corrected chi connectivity index (χ1v) is 7.60. The molecule has 1 atom stereocenters. The molecular weight excluding hydrogens is 230 g/mol. The van der Waals surface area contributed by atoms with E-state index < -0.39 is 0 Å². The summed E-state index contributed by atoms with van der Waals surface area (Å²) in [5, 5.41) is 5.73. The van der Waals surface area contributed by atoms with Crippen molar-refractivity contribution in [3.63, 3.8) is 0 Å². The zero-order valence-corrected chi connectivity index (χ0v) is 11.5. The van der Waals surface area contributed by atoms with E-state index in [1.807, 2.05) is 0 Å². The third kappa shape index (κ3) is 4.78. The van der Waals surface area contributed by atoms with Crippen LogP contribution in [-0.2, 0) is 11.3 Å². The molecule has 2 rings (SSSR count). The van der Waals surface area contributed by atoms with E-state index in [4.69, 9.17) is 4.74 Å². The molecule has 0 aliphatic heterocycles. The summed E-state index contributed by atoms with van der Waals surface area (Å²) in [6.07, 6.45) is 7.20. The van der Waals surface area contributed by atoms with Crippen LogP contribution in [0, 0.1) is 0 Å². The molecule has 0 spiro atoms. The maximum atomic E-state index is 5.83. The molecule has 1 N–H and O–H groups in total. The van der Waals surface area contributed by atoms with Gasteiger partial charge in [0.05, 0.1) is 12.7 Å². The van der Waals surface area contributed by atoms with Crippen molar-refractivity contribution in [2.75, 3.05) is 6.54 Å². The van der Waals surface area contributed by atoms with E-state index in [2.05, 4.69) is 29.8 Å². The molecule has 1 aromatic heterocycles. The number of hydrogen-bond acceptors (Lipinski definition) is 3. The van der Waals surface area contributed by atoms with E-state index in [9.17, 15) is 0 Å². The number of ether oxygens (including phenoxy) is 1. The molecule has 1 aromatic rings. The van der Waals surface area contributed by atoms with Crippen LogP contribution in [0.5, 0.6) is 0 Å². The third-order valence-electron chi connectivity index (χ3n) is 3.39. The van der Waals surface area contributed by atoms with Crippen LogP contribution in [0.3, 0.4) is 0 Å². The van der Waals surface area contributed by atoms with Gasteiger partial charge in [-0.1, -0.05) is 25.3 Å². The van der Waals surface area contributed by atoms with Crippen LogP contribution in [0.4, 0.5) is 0 Å². The van der Waals surface area contributed by atoms with Gasteiger partial charge >= 0.3 is 0 Å². The van der Waals surface area contributed by atoms with Crippen LogP contribution in [0.1, 0.15) is 43.9 Å². The standard InChI is InChI=1S/C14H23NOS/c1-12(16-11-14-8-5-9-17-14)10-15-13-6-3-2-4-7-13/h5,8-9,12-13,15H,2-4,6-7,10-11H2,1H3. The van der Waals surface area contributed by atoms with E-state index in [-0.39, 0.29) is 0 Å². The summed E-state index contributed by atoms with van der Waals surface area (Å²) in [5.41, 5.74) is 0. The van der Waals surface area contributed by atoms with Gasteiger partial charge in [-0.3, -0.25) is 0 Å². The molecule has 1 aliphatic carbocycles. The highest BCUT2D eigenvalue weighted by atomic mass is 32.1. The molecule has 0 aromatic carbocycles. The van der Waals surface area contributed by atoms with Crippen molar-refractivity contribution in [2.45, 2.75) is 57.8 Å². The van der Waals surface area contributed by atoms with Crippen molar-refractivity contribution >= 4 is 11.3 Å². The Bertz CT molecular complexity index is 293. The Balaban J connectivity index is 1.58. The molecule has 0 saturated heterocycles. The predicted octanol–water partition coefficient (Wildman–Crippen LogP) is 3.58. The Morgan fingerprint density at radius 3 is 2.94 bits per heavy atom.